The Morgan fingerprint density at radius 3 is 2.66 bits per heavy atom. The van der Waals surface area contributed by atoms with Gasteiger partial charge in [0.15, 0.2) is 0 Å². The highest BCUT2D eigenvalue weighted by Crippen LogP contribution is 2.36. The van der Waals surface area contributed by atoms with E-state index in [2.05, 4.69) is 61.8 Å². The summed E-state index contributed by atoms with van der Waals surface area (Å²) in [5.74, 6) is 0.613. The van der Waals surface area contributed by atoms with E-state index in [-0.39, 0.29) is 5.91 Å². The summed E-state index contributed by atoms with van der Waals surface area (Å²) in [5, 5.41) is 7.46. The van der Waals surface area contributed by atoms with Crippen molar-refractivity contribution in [3.63, 3.8) is 0 Å². The van der Waals surface area contributed by atoms with Gasteiger partial charge in [-0.15, -0.1) is 0 Å². The molecule has 4 aromatic rings. The molecule has 1 saturated heterocycles. The first kappa shape index (κ1) is 25.6. The third-order valence-corrected chi connectivity index (χ3v) is 7.02. The number of nitrogens with zero attached hydrogens (tertiary/aromatic N) is 5. The van der Waals surface area contributed by atoms with Gasteiger partial charge in [-0.3, -0.25) is 4.79 Å². The summed E-state index contributed by atoms with van der Waals surface area (Å²) in [5.41, 5.74) is 5.03. The fourth-order valence-corrected chi connectivity index (χ4v) is 4.83. The van der Waals surface area contributed by atoms with Crippen molar-refractivity contribution in [2.45, 2.75) is 0 Å². The Balaban J connectivity index is 1.47. The van der Waals surface area contributed by atoms with E-state index >= 15 is 0 Å². The normalized spacial score (nSPS) is 13.9. The van der Waals surface area contributed by atoms with Crippen molar-refractivity contribution in [3.8, 4) is 17.0 Å². The zero-order valence-electron chi connectivity index (χ0n) is 21.7. The van der Waals surface area contributed by atoms with Gasteiger partial charge in [0.2, 0.25) is 11.9 Å². The number of halogens is 1. The van der Waals surface area contributed by atoms with Crippen molar-refractivity contribution < 1.29 is 9.53 Å². The van der Waals surface area contributed by atoms with Crippen molar-refractivity contribution in [2.75, 3.05) is 55.9 Å². The second kappa shape index (κ2) is 10.7. The molecule has 0 spiro atoms. The van der Waals surface area contributed by atoms with E-state index in [1.165, 1.54) is 11.8 Å². The van der Waals surface area contributed by atoms with Gasteiger partial charge in [-0.05, 0) is 43.5 Å². The number of nitrogens with one attached hydrogen (secondary N) is 2. The van der Waals surface area contributed by atoms with Crippen LogP contribution >= 0.6 is 11.6 Å². The van der Waals surface area contributed by atoms with Crippen LogP contribution in [0.15, 0.2) is 61.4 Å². The Bertz CT molecular complexity index is 1510. The summed E-state index contributed by atoms with van der Waals surface area (Å²) in [6.07, 6.45) is 4.84. The Morgan fingerprint density at radius 2 is 1.92 bits per heavy atom. The van der Waals surface area contributed by atoms with Crippen LogP contribution in [0.5, 0.6) is 5.75 Å². The fourth-order valence-electron chi connectivity index (χ4n) is 4.64. The number of likely N-dealkylation sites (N-methyl/N-ethyl adjacent to an activating group) is 1. The minimum absolute atomic E-state index is 0.308. The van der Waals surface area contributed by atoms with Crippen LogP contribution in [0.1, 0.15) is 0 Å². The maximum absolute atomic E-state index is 11.8. The van der Waals surface area contributed by atoms with Crippen molar-refractivity contribution >= 4 is 51.4 Å². The molecule has 1 fully saturated rings. The number of anilines is 4. The molecule has 0 atom stereocenters. The number of hydrogen-bond acceptors (Lipinski definition) is 7. The number of carbonyl (C=O) groups excluding carboxylic acids is 1. The molecule has 0 radical (unpaired) electrons. The predicted octanol–water partition coefficient (Wildman–Crippen LogP) is 4.92. The number of amides is 1. The Labute approximate surface area is 226 Å². The molecule has 5 rings (SSSR count). The van der Waals surface area contributed by atoms with E-state index < -0.39 is 0 Å². The van der Waals surface area contributed by atoms with Crippen LogP contribution in [0.3, 0.4) is 0 Å². The Hall–Kier alpha value is -4.08. The van der Waals surface area contributed by atoms with E-state index in [1.54, 1.807) is 31.5 Å². The minimum atomic E-state index is -0.308. The number of benzene rings is 2. The fraction of sp³-hybridized carbons (Fsp3) is 0.250. The van der Waals surface area contributed by atoms with Crippen LogP contribution in [-0.2, 0) is 11.8 Å². The van der Waals surface area contributed by atoms with Crippen LogP contribution in [0.25, 0.3) is 22.2 Å². The van der Waals surface area contributed by atoms with Gasteiger partial charge in [0.05, 0.1) is 35.2 Å². The molecule has 1 aliphatic heterocycles. The number of ether oxygens (including phenoxy) is 1. The van der Waals surface area contributed by atoms with Gasteiger partial charge in [0, 0.05) is 61.7 Å². The van der Waals surface area contributed by atoms with Crippen LogP contribution in [0, 0.1) is 0 Å². The summed E-state index contributed by atoms with van der Waals surface area (Å²) >= 11 is 6.61. The second-order valence-corrected chi connectivity index (χ2v) is 9.68. The quantitative estimate of drug-likeness (QED) is 0.327. The molecule has 38 heavy (non-hydrogen) atoms. The van der Waals surface area contributed by atoms with Crippen molar-refractivity contribution in [3.05, 3.63) is 66.5 Å². The summed E-state index contributed by atoms with van der Waals surface area (Å²) in [6.45, 7) is 7.61. The standard InChI is InChI=1S/C28H30ClN7O2/c1-5-26(37)31-18-6-9-25(38-4)23(14-18)32-28-30-16-22(29)27(33-28)21-17-35(3)24-15-19(7-8-20(21)24)36-12-10-34(2)11-13-36/h5-9,14-17H,1,10-13H2,2-4H3,(H,31,37)(H,30,32,33). The lowest BCUT2D eigenvalue weighted by Gasteiger charge is -2.34. The third kappa shape index (κ3) is 5.16. The molecule has 0 aliphatic carbocycles. The molecule has 2 aromatic carbocycles. The molecule has 3 heterocycles. The molecule has 0 bridgehead atoms. The summed E-state index contributed by atoms with van der Waals surface area (Å²) < 4.78 is 7.59. The average Bonchev–Trinajstić information content (AvgIpc) is 3.25. The maximum atomic E-state index is 11.8. The second-order valence-electron chi connectivity index (χ2n) is 9.27. The maximum Gasteiger partial charge on any atom is 0.247 e. The average molecular weight is 532 g/mol. The number of piperazine rings is 1. The van der Waals surface area contributed by atoms with Crippen LogP contribution in [0.2, 0.25) is 5.02 Å². The van der Waals surface area contributed by atoms with Gasteiger partial charge in [0.1, 0.15) is 5.75 Å². The molecular formula is C28H30ClN7O2. The zero-order valence-corrected chi connectivity index (χ0v) is 22.4. The first-order valence-electron chi connectivity index (χ1n) is 12.3. The van der Waals surface area contributed by atoms with Crippen molar-refractivity contribution in [2.24, 2.45) is 7.05 Å². The van der Waals surface area contributed by atoms with Crippen LogP contribution < -0.4 is 20.3 Å². The monoisotopic (exact) mass is 531 g/mol. The number of fused-ring (bicyclic) bond motifs is 1. The first-order valence-corrected chi connectivity index (χ1v) is 12.7. The summed E-state index contributed by atoms with van der Waals surface area (Å²) in [6, 6.07) is 11.8. The van der Waals surface area contributed by atoms with E-state index in [1.807, 2.05) is 13.2 Å². The molecule has 10 heteroatoms. The molecule has 1 aliphatic rings. The predicted molar refractivity (Wildman–Crippen MR) is 154 cm³/mol. The first-order chi connectivity index (χ1) is 18.4. The highest BCUT2D eigenvalue weighted by Gasteiger charge is 2.19. The molecule has 2 aromatic heterocycles. The summed E-state index contributed by atoms with van der Waals surface area (Å²) in [4.78, 5) is 25.7. The van der Waals surface area contributed by atoms with E-state index in [9.17, 15) is 4.79 Å². The topological polar surface area (TPSA) is 87.5 Å². The Morgan fingerprint density at radius 1 is 1.13 bits per heavy atom. The molecule has 2 N–H and O–H groups in total. The number of hydrogen-bond donors (Lipinski definition) is 2. The third-order valence-electron chi connectivity index (χ3n) is 6.74. The van der Waals surface area contributed by atoms with Crippen molar-refractivity contribution in [1.82, 2.24) is 19.4 Å². The zero-order chi connectivity index (χ0) is 26.8. The van der Waals surface area contributed by atoms with E-state index in [0.717, 1.165) is 42.6 Å². The van der Waals surface area contributed by atoms with Gasteiger partial charge in [0.25, 0.3) is 0 Å². The SMILES string of the molecule is C=CC(=O)Nc1ccc(OC)c(Nc2ncc(Cl)c(-c3cn(C)c4cc(N5CCN(C)CC5)ccc34)n2)c1. The summed E-state index contributed by atoms with van der Waals surface area (Å²) in [7, 11) is 5.76. The van der Waals surface area contributed by atoms with E-state index in [0.29, 0.717) is 33.8 Å². The molecule has 0 unspecified atom stereocenters. The largest absolute Gasteiger partial charge is 0.495 e. The number of methoxy groups -OCH3 is 1. The van der Waals surface area contributed by atoms with Gasteiger partial charge in [-0.25, -0.2) is 9.97 Å². The number of rotatable bonds is 7. The molecule has 196 valence electrons. The lowest BCUT2D eigenvalue weighted by atomic mass is 10.1. The lowest BCUT2D eigenvalue weighted by Crippen LogP contribution is -2.44. The smallest absolute Gasteiger partial charge is 0.247 e. The highest BCUT2D eigenvalue weighted by atomic mass is 35.5. The van der Waals surface area contributed by atoms with Crippen molar-refractivity contribution in [1.29, 1.82) is 0 Å². The lowest BCUT2D eigenvalue weighted by molar-refractivity contribution is -0.111. The number of aromatic nitrogens is 3. The van der Waals surface area contributed by atoms with Gasteiger partial charge < -0.3 is 29.7 Å². The molecule has 1 amide bonds. The van der Waals surface area contributed by atoms with Crippen LogP contribution in [0.4, 0.5) is 23.0 Å². The molecule has 0 saturated carbocycles. The van der Waals surface area contributed by atoms with Gasteiger partial charge in [-0.1, -0.05) is 24.2 Å². The van der Waals surface area contributed by atoms with Gasteiger partial charge >= 0.3 is 0 Å². The number of aryl methyl sites for hydroxylation is 1. The minimum Gasteiger partial charge on any atom is -0.495 e. The van der Waals surface area contributed by atoms with Gasteiger partial charge in [-0.2, -0.15) is 0 Å². The molecular weight excluding hydrogens is 502 g/mol. The molecule has 9 nitrogen and oxygen atoms in total. The Kier molecular flexibility index (Phi) is 7.22. The van der Waals surface area contributed by atoms with E-state index in [4.69, 9.17) is 21.3 Å². The highest BCUT2D eigenvalue weighted by molar-refractivity contribution is 6.33. The number of carbonyl (C=O) groups is 1. The van der Waals surface area contributed by atoms with Crippen LogP contribution in [-0.4, -0.2) is 65.7 Å².